The third kappa shape index (κ3) is 2.58. The molecule has 0 saturated carbocycles. The first-order valence-corrected chi connectivity index (χ1v) is 6.07. The van der Waals surface area contributed by atoms with E-state index in [9.17, 15) is 13.2 Å². The summed E-state index contributed by atoms with van der Waals surface area (Å²) in [5, 5.41) is 10.9. The summed E-state index contributed by atoms with van der Waals surface area (Å²) in [6, 6.07) is 0. The van der Waals surface area contributed by atoms with Crippen molar-refractivity contribution >= 4 is 16.0 Å². The molecule has 0 aliphatic rings. The lowest BCUT2D eigenvalue weighted by Crippen LogP contribution is -2.19. The van der Waals surface area contributed by atoms with Crippen LogP contribution in [0.1, 0.15) is 30.0 Å². The minimum Gasteiger partial charge on any atom is -0.458 e. The lowest BCUT2D eigenvalue weighted by molar-refractivity contribution is 0.0366. The van der Waals surface area contributed by atoms with E-state index in [1.54, 1.807) is 13.8 Å². The number of esters is 1. The highest BCUT2D eigenvalue weighted by molar-refractivity contribution is 7.89. The molecule has 0 aromatic carbocycles. The van der Waals surface area contributed by atoms with Crippen molar-refractivity contribution in [1.82, 2.24) is 10.2 Å². The molecule has 0 bridgehead atoms. The van der Waals surface area contributed by atoms with Gasteiger partial charge in [0.2, 0.25) is 10.0 Å². The summed E-state index contributed by atoms with van der Waals surface area (Å²) >= 11 is 0. The van der Waals surface area contributed by atoms with Crippen LogP contribution in [0, 0.1) is 6.92 Å². The number of aromatic nitrogens is 2. The smallest absolute Gasteiger partial charge is 0.360 e. The van der Waals surface area contributed by atoms with Crippen molar-refractivity contribution < 1.29 is 17.9 Å². The minimum atomic E-state index is -4.00. The second-order valence-electron chi connectivity index (χ2n) is 3.53. The van der Waals surface area contributed by atoms with Crippen LogP contribution in [-0.4, -0.2) is 30.7 Å². The van der Waals surface area contributed by atoms with Gasteiger partial charge in [0.25, 0.3) is 0 Å². The number of ether oxygens (including phenoxy) is 1. The van der Waals surface area contributed by atoms with Gasteiger partial charge in [0.1, 0.15) is 4.90 Å². The maximum Gasteiger partial charge on any atom is 0.360 e. The number of nitrogens with zero attached hydrogens (tertiary/aromatic N) is 1. The molecule has 0 unspecified atom stereocenters. The Morgan fingerprint density at radius 1 is 1.50 bits per heavy atom. The molecule has 16 heavy (non-hydrogen) atoms. The van der Waals surface area contributed by atoms with Gasteiger partial charge in [-0.1, -0.05) is 0 Å². The number of aryl methyl sites for hydroxylation is 1. The molecule has 0 fully saturated rings. The highest BCUT2D eigenvalue weighted by Crippen LogP contribution is 2.17. The van der Waals surface area contributed by atoms with Crippen LogP contribution in [0.15, 0.2) is 4.90 Å². The normalized spacial score (nSPS) is 11.8. The first-order chi connectivity index (χ1) is 7.23. The van der Waals surface area contributed by atoms with E-state index in [1.807, 2.05) is 0 Å². The van der Waals surface area contributed by atoms with Crippen molar-refractivity contribution in [2.24, 2.45) is 5.14 Å². The lowest BCUT2D eigenvalue weighted by Gasteiger charge is -2.06. The quantitative estimate of drug-likeness (QED) is 0.725. The molecule has 1 aromatic rings. The standard InChI is InChI=1S/C8H13N3O4S/c1-4(2)15-8(12)6-7(16(9,13)14)5(3)10-11-6/h4H,1-3H3,(H,10,11)(H2,9,13,14). The van der Waals surface area contributed by atoms with E-state index in [0.717, 1.165) is 0 Å². The second kappa shape index (κ2) is 4.22. The third-order valence-corrected chi connectivity index (χ3v) is 2.78. The van der Waals surface area contributed by atoms with Crippen molar-refractivity contribution in [2.75, 3.05) is 0 Å². The van der Waals surface area contributed by atoms with E-state index >= 15 is 0 Å². The van der Waals surface area contributed by atoms with Crippen molar-refractivity contribution in [2.45, 2.75) is 31.8 Å². The van der Waals surface area contributed by atoms with Gasteiger partial charge in [-0.2, -0.15) is 5.10 Å². The van der Waals surface area contributed by atoms with Crippen LogP contribution in [0.5, 0.6) is 0 Å². The van der Waals surface area contributed by atoms with Gasteiger partial charge in [-0.25, -0.2) is 18.4 Å². The Morgan fingerprint density at radius 2 is 2.06 bits per heavy atom. The summed E-state index contributed by atoms with van der Waals surface area (Å²) in [5.74, 6) is -0.816. The highest BCUT2D eigenvalue weighted by atomic mass is 32.2. The van der Waals surface area contributed by atoms with Gasteiger partial charge in [-0.15, -0.1) is 0 Å². The summed E-state index contributed by atoms with van der Waals surface area (Å²) in [5.41, 5.74) is -0.105. The van der Waals surface area contributed by atoms with Crippen LogP contribution in [0.4, 0.5) is 0 Å². The number of carbonyl (C=O) groups is 1. The van der Waals surface area contributed by atoms with Crippen molar-refractivity contribution in [3.8, 4) is 0 Å². The number of aromatic amines is 1. The molecule has 90 valence electrons. The molecule has 0 spiro atoms. The molecule has 0 saturated heterocycles. The Balaban J connectivity index is 3.22. The fraction of sp³-hybridized carbons (Fsp3) is 0.500. The Morgan fingerprint density at radius 3 is 2.50 bits per heavy atom. The number of primary sulfonamides is 1. The van der Waals surface area contributed by atoms with E-state index in [2.05, 4.69) is 10.2 Å². The van der Waals surface area contributed by atoms with Gasteiger partial charge in [0.15, 0.2) is 5.69 Å². The van der Waals surface area contributed by atoms with E-state index in [0.29, 0.717) is 0 Å². The monoisotopic (exact) mass is 247 g/mol. The highest BCUT2D eigenvalue weighted by Gasteiger charge is 2.27. The number of rotatable bonds is 3. The number of hydrogen-bond donors (Lipinski definition) is 2. The Labute approximate surface area is 93.0 Å². The molecule has 1 rings (SSSR count). The summed E-state index contributed by atoms with van der Waals surface area (Å²) < 4.78 is 27.3. The molecular formula is C8H13N3O4S. The van der Waals surface area contributed by atoms with Crippen LogP contribution in [0.3, 0.4) is 0 Å². The van der Waals surface area contributed by atoms with E-state index in [4.69, 9.17) is 9.88 Å². The van der Waals surface area contributed by atoms with Crippen LogP contribution in [0.2, 0.25) is 0 Å². The molecule has 0 atom stereocenters. The molecule has 0 aliphatic heterocycles. The van der Waals surface area contributed by atoms with E-state index < -0.39 is 16.0 Å². The van der Waals surface area contributed by atoms with Gasteiger partial charge in [-0.05, 0) is 20.8 Å². The second-order valence-corrected chi connectivity index (χ2v) is 5.02. The number of nitrogens with two attached hydrogens (primary N) is 1. The van der Waals surface area contributed by atoms with Gasteiger partial charge in [0.05, 0.1) is 11.8 Å². The number of carbonyl (C=O) groups excluding carboxylic acids is 1. The van der Waals surface area contributed by atoms with Crippen LogP contribution in [-0.2, 0) is 14.8 Å². The van der Waals surface area contributed by atoms with Gasteiger partial charge < -0.3 is 4.74 Å². The summed E-state index contributed by atoms with van der Waals surface area (Å²) in [4.78, 5) is 11.2. The Bertz CT molecular complexity index is 503. The maximum atomic E-state index is 11.5. The van der Waals surface area contributed by atoms with Crippen molar-refractivity contribution in [3.05, 3.63) is 11.4 Å². The fourth-order valence-corrected chi connectivity index (χ4v) is 2.05. The number of hydrogen-bond acceptors (Lipinski definition) is 5. The van der Waals surface area contributed by atoms with Crippen LogP contribution >= 0.6 is 0 Å². The third-order valence-electron chi connectivity index (χ3n) is 1.71. The molecule has 8 heteroatoms. The Hall–Kier alpha value is -1.41. The molecular weight excluding hydrogens is 234 g/mol. The average molecular weight is 247 g/mol. The zero-order valence-corrected chi connectivity index (χ0v) is 9.96. The lowest BCUT2D eigenvalue weighted by atomic mass is 10.3. The largest absolute Gasteiger partial charge is 0.458 e. The van der Waals surface area contributed by atoms with Gasteiger partial charge in [0, 0.05) is 0 Å². The zero-order chi connectivity index (χ0) is 12.5. The predicted molar refractivity (Wildman–Crippen MR) is 55.2 cm³/mol. The predicted octanol–water partition coefficient (Wildman–Crippen LogP) is -0.0693. The molecule has 3 N–H and O–H groups in total. The number of sulfonamides is 1. The molecule has 1 heterocycles. The van der Waals surface area contributed by atoms with Crippen molar-refractivity contribution in [3.63, 3.8) is 0 Å². The maximum absolute atomic E-state index is 11.5. The van der Waals surface area contributed by atoms with Gasteiger partial charge >= 0.3 is 5.97 Å². The SMILES string of the molecule is Cc1[nH]nc(C(=O)OC(C)C)c1S(N)(=O)=O. The minimum absolute atomic E-state index is 0.207. The zero-order valence-electron chi connectivity index (χ0n) is 9.14. The van der Waals surface area contributed by atoms with Crippen molar-refractivity contribution in [1.29, 1.82) is 0 Å². The first kappa shape index (κ1) is 12.7. The summed E-state index contributed by atoms with van der Waals surface area (Å²) in [6.45, 7) is 4.75. The molecule has 1 aromatic heterocycles. The topological polar surface area (TPSA) is 115 Å². The van der Waals surface area contributed by atoms with Crippen LogP contribution in [0.25, 0.3) is 0 Å². The Kier molecular flexibility index (Phi) is 3.34. The van der Waals surface area contributed by atoms with Gasteiger partial charge in [-0.3, -0.25) is 5.10 Å². The molecule has 0 radical (unpaired) electrons. The number of H-pyrrole nitrogens is 1. The number of nitrogens with one attached hydrogen (secondary N) is 1. The first-order valence-electron chi connectivity index (χ1n) is 4.52. The van der Waals surface area contributed by atoms with E-state index in [-0.39, 0.29) is 22.4 Å². The summed E-state index contributed by atoms with van der Waals surface area (Å²) in [7, 11) is -4.00. The fourth-order valence-electron chi connectivity index (χ4n) is 1.18. The summed E-state index contributed by atoms with van der Waals surface area (Å²) in [6.07, 6.45) is -0.363. The molecule has 7 nitrogen and oxygen atoms in total. The molecule has 0 aliphatic carbocycles. The molecule has 0 amide bonds. The van der Waals surface area contributed by atoms with E-state index in [1.165, 1.54) is 6.92 Å². The van der Waals surface area contributed by atoms with Crippen LogP contribution < -0.4 is 5.14 Å². The average Bonchev–Trinajstić information content (AvgIpc) is 2.44.